The van der Waals surface area contributed by atoms with Gasteiger partial charge in [0.05, 0.1) is 0 Å². The number of halogens is 1. The molecule has 0 spiro atoms. The van der Waals surface area contributed by atoms with Crippen molar-refractivity contribution in [2.75, 3.05) is 20.6 Å². The highest BCUT2D eigenvalue weighted by Gasteiger charge is 1.94. The molecule has 0 aromatic heterocycles. The zero-order valence-electron chi connectivity index (χ0n) is 16.9. The van der Waals surface area contributed by atoms with E-state index in [1.807, 2.05) is 30.3 Å². The van der Waals surface area contributed by atoms with E-state index in [4.69, 9.17) is 11.6 Å². The number of alkyl halides is 1. The zero-order chi connectivity index (χ0) is 18.8. The lowest BCUT2D eigenvalue weighted by Gasteiger charge is -2.08. The van der Waals surface area contributed by atoms with Crippen LogP contribution in [0.3, 0.4) is 0 Å². The highest BCUT2D eigenvalue weighted by Crippen LogP contribution is 2.12. The lowest BCUT2D eigenvalue weighted by molar-refractivity contribution is 0.389. The van der Waals surface area contributed by atoms with Crippen LogP contribution in [0.5, 0.6) is 0 Å². The minimum Gasteiger partial charge on any atom is -0.309 e. The van der Waals surface area contributed by atoms with Crippen molar-refractivity contribution in [1.82, 2.24) is 4.90 Å². The fraction of sp³-hybridized carbons (Fsp3) is 0.652. The zero-order valence-corrected chi connectivity index (χ0v) is 17.7. The molecule has 0 saturated heterocycles. The van der Waals surface area contributed by atoms with Crippen molar-refractivity contribution in [2.24, 2.45) is 0 Å². The van der Waals surface area contributed by atoms with E-state index >= 15 is 0 Å². The number of unbranched alkanes of at least 4 members (excludes halogenated alkanes) is 9. The number of nitrogens with zero attached hydrogens (tertiary/aromatic N) is 1. The highest BCUT2D eigenvalue weighted by molar-refractivity contribution is 6.17. The first-order valence-corrected chi connectivity index (χ1v) is 10.6. The second-order valence-electron chi connectivity index (χ2n) is 7.02. The minimum absolute atomic E-state index is 0.558. The summed E-state index contributed by atoms with van der Waals surface area (Å²) in [5, 5.41) is 0. The van der Waals surface area contributed by atoms with Crippen LogP contribution in [-0.2, 0) is 5.88 Å². The molecular formula is C23H40ClN. The molecule has 0 heterocycles. The van der Waals surface area contributed by atoms with Crippen LogP contribution in [-0.4, -0.2) is 25.5 Å². The second-order valence-corrected chi connectivity index (χ2v) is 7.29. The Kier molecular flexibility index (Phi) is 17.4. The molecule has 1 rings (SSSR count). The van der Waals surface area contributed by atoms with E-state index in [1.165, 1.54) is 70.8 Å². The summed E-state index contributed by atoms with van der Waals surface area (Å²) < 4.78 is 0. The number of benzene rings is 1. The van der Waals surface area contributed by atoms with Crippen molar-refractivity contribution in [3.63, 3.8) is 0 Å². The van der Waals surface area contributed by atoms with Gasteiger partial charge in [-0.15, -0.1) is 11.6 Å². The van der Waals surface area contributed by atoms with Crippen LogP contribution in [0.25, 0.3) is 6.08 Å². The van der Waals surface area contributed by atoms with Gasteiger partial charge in [0.25, 0.3) is 0 Å². The molecule has 0 aliphatic heterocycles. The van der Waals surface area contributed by atoms with Gasteiger partial charge in [-0.05, 0) is 38.2 Å². The average Bonchev–Trinajstić information content (AvgIpc) is 2.63. The van der Waals surface area contributed by atoms with Crippen molar-refractivity contribution in [3.05, 3.63) is 42.0 Å². The number of hydrogen-bond donors (Lipinski definition) is 0. The molecule has 0 radical (unpaired) electrons. The van der Waals surface area contributed by atoms with Gasteiger partial charge in [-0.3, -0.25) is 0 Å². The van der Waals surface area contributed by atoms with E-state index in [0.717, 1.165) is 11.1 Å². The van der Waals surface area contributed by atoms with E-state index in [2.05, 4.69) is 32.5 Å². The summed E-state index contributed by atoms with van der Waals surface area (Å²) in [5.74, 6) is 0.558. The lowest BCUT2D eigenvalue weighted by atomic mass is 10.1. The fourth-order valence-electron chi connectivity index (χ4n) is 2.77. The van der Waals surface area contributed by atoms with Crippen molar-refractivity contribution >= 4 is 17.7 Å². The predicted octanol–water partition coefficient (Wildman–Crippen LogP) is 7.54. The van der Waals surface area contributed by atoms with Crippen LogP contribution in [0.2, 0.25) is 0 Å². The Morgan fingerprint density at radius 3 is 1.84 bits per heavy atom. The molecule has 0 saturated carbocycles. The molecule has 0 bridgehead atoms. The van der Waals surface area contributed by atoms with E-state index in [-0.39, 0.29) is 0 Å². The van der Waals surface area contributed by atoms with Crippen molar-refractivity contribution in [2.45, 2.75) is 77.0 Å². The summed E-state index contributed by atoms with van der Waals surface area (Å²) in [5.41, 5.74) is 2.26. The summed E-state index contributed by atoms with van der Waals surface area (Å²) in [6.45, 7) is 7.22. The van der Waals surface area contributed by atoms with Gasteiger partial charge in [0, 0.05) is 5.88 Å². The van der Waals surface area contributed by atoms with Gasteiger partial charge in [0.15, 0.2) is 0 Å². The van der Waals surface area contributed by atoms with Crippen LogP contribution in [0.1, 0.15) is 82.3 Å². The monoisotopic (exact) mass is 365 g/mol. The minimum atomic E-state index is 0.558. The Labute approximate surface area is 162 Å². The fourth-order valence-corrected chi connectivity index (χ4v) is 3.01. The maximum Gasteiger partial charge on any atom is 0.0479 e. The molecule has 0 fully saturated rings. The van der Waals surface area contributed by atoms with Crippen LogP contribution in [0.4, 0.5) is 0 Å². The smallest absolute Gasteiger partial charge is 0.0479 e. The van der Waals surface area contributed by atoms with E-state index in [9.17, 15) is 0 Å². The summed E-state index contributed by atoms with van der Waals surface area (Å²) in [6, 6.07) is 7.96. The SMILES string of the molecule is C=Cc1ccccc1CCl.CCCCCCCCCCCCN(C)C. The average molecular weight is 366 g/mol. The molecular weight excluding hydrogens is 326 g/mol. The van der Waals surface area contributed by atoms with Gasteiger partial charge >= 0.3 is 0 Å². The Morgan fingerprint density at radius 1 is 0.880 bits per heavy atom. The van der Waals surface area contributed by atoms with Crippen molar-refractivity contribution < 1.29 is 0 Å². The quantitative estimate of drug-likeness (QED) is 0.258. The van der Waals surface area contributed by atoms with E-state index in [1.54, 1.807) is 0 Å². The molecule has 1 aromatic carbocycles. The molecule has 0 amide bonds. The summed E-state index contributed by atoms with van der Waals surface area (Å²) in [6.07, 6.45) is 16.2. The topological polar surface area (TPSA) is 3.24 Å². The largest absolute Gasteiger partial charge is 0.309 e. The van der Waals surface area contributed by atoms with Gasteiger partial charge in [0.1, 0.15) is 0 Å². The first-order valence-electron chi connectivity index (χ1n) is 10.1. The highest BCUT2D eigenvalue weighted by atomic mass is 35.5. The molecule has 2 heteroatoms. The second kappa shape index (κ2) is 18.0. The summed E-state index contributed by atoms with van der Waals surface area (Å²) in [4.78, 5) is 2.28. The molecule has 1 nitrogen and oxygen atoms in total. The Balaban J connectivity index is 0.000000496. The summed E-state index contributed by atoms with van der Waals surface area (Å²) >= 11 is 5.66. The Bertz CT molecular complexity index is 414. The Morgan fingerprint density at radius 2 is 1.40 bits per heavy atom. The molecule has 0 N–H and O–H groups in total. The predicted molar refractivity (Wildman–Crippen MR) is 116 cm³/mol. The van der Waals surface area contributed by atoms with Crippen LogP contribution in [0, 0.1) is 0 Å². The molecule has 144 valence electrons. The first-order chi connectivity index (χ1) is 12.2. The van der Waals surface area contributed by atoms with Gasteiger partial charge < -0.3 is 4.90 Å². The van der Waals surface area contributed by atoms with Gasteiger partial charge in [-0.2, -0.15) is 0 Å². The van der Waals surface area contributed by atoms with Crippen molar-refractivity contribution in [3.8, 4) is 0 Å². The number of rotatable bonds is 13. The molecule has 0 aliphatic rings. The maximum absolute atomic E-state index is 5.66. The summed E-state index contributed by atoms with van der Waals surface area (Å²) in [7, 11) is 4.32. The maximum atomic E-state index is 5.66. The normalized spacial score (nSPS) is 10.4. The third-order valence-corrected chi connectivity index (χ3v) is 4.67. The van der Waals surface area contributed by atoms with Gasteiger partial charge in [0.2, 0.25) is 0 Å². The molecule has 0 atom stereocenters. The molecule has 25 heavy (non-hydrogen) atoms. The third kappa shape index (κ3) is 15.2. The lowest BCUT2D eigenvalue weighted by Crippen LogP contribution is -2.12. The molecule has 1 aromatic rings. The van der Waals surface area contributed by atoms with Gasteiger partial charge in [-0.1, -0.05) is 102 Å². The van der Waals surface area contributed by atoms with Crippen LogP contribution >= 0.6 is 11.6 Å². The van der Waals surface area contributed by atoms with Crippen LogP contribution in [0.15, 0.2) is 30.8 Å². The van der Waals surface area contributed by atoms with Gasteiger partial charge in [-0.25, -0.2) is 0 Å². The standard InChI is InChI=1S/C14H31N.C9H9Cl/c1-4-5-6-7-8-9-10-11-12-13-14-15(2)3;1-2-8-5-3-4-6-9(8)7-10/h4-14H2,1-3H3;2-6H,1,7H2. The van der Waals surface area contributed by atoms with E-state index in [0.29, 0.717) is 5.88 Å². The Hall–Kier alpha value is -0.790. The van der Waals surface area contributed by atoms with Crippen molar-refractivity contribution in [1.29, 1.82) is 0 Å². The van der Waals surface area contributed by atoms with Crippen LogP contribution < -0.4 is 0 Å². The van der Waals surface area contributed by atoms with E-state index < -0.39 is 0 Å². The first kappa shape index (κ1) is 24.2. The number of hydrogen-bond acceptors (Lipinski definition) is 1. The molecule has 0 aliphatic carbocycles. The third-order valence-electron chi connectivity index (χ3n) is 4.38. The molecule has 0 unspecified atom stereocenters.